The molecule has 33 heavy (non-hydrogen) atoms. The van der Waals surface area contributed by atoms with Gasteiger partial charge in [-0.2, -0.15) is 5.06 Å². The summed E-state index contributed by atoms with van der Waals surface area (Å²) in [5, 5.41) is 1.94. The van der Waals surface area contributed by atoms with Crippen LogP contribution in [0.15, 0.2) is 91.0 Å². The quantitative estimate of drug-likeness (QED) is 0.481. The highest BCUT2D eigenvalue weighted by atomic mass is 16.7. The fourth-order valence-electron chi connectivity index (χ4n) is 4.92. The molecule has 5 nitrogen and oxygen atoms in total. The van der Waals surface area contributed by atoms with Crippen molar-refractivity contribution in [2.24, 2.45) is 5.92 Å². The van der Waals surface area contributed by atoms with Crippen molar-refractivity contribution in [3.8, 4) is 0 Å². The molecule has 0 amide bonds. The van der Waals surface area contributed by atoms with Crippen LogP contribution in [0, 0.1) is 5.92 Å². The molecule has 0 radical (unpaired) electrons. The Labute approximate surface area is 195 Å². The molecule has 0 aromatic heterocycles. The summed E-state index contributed by atoms with van der Waals surface area (Å²) >= 11 is 0. The lowest BCUT2D eigenvalue weighted by Gasteiger charge is -2.30. The molecule has 0 N–H and O–H groups in total. The predicted molar refractivity (Wildman–Crippen MR) is 126 cm³/mol. The zero-order chi connectivity index (χ0) is 22.5. The Balaban J connectivity index is 1.36. The minimum Gasteiger partial charge on any atom is -0.370 e. The molecule has 3 aromatic carbocycles. The molecule has 2 fully saturated rings. The number of benzene rings is 3. The van der Waals surface area contributed by atoms with E-state index in [1.807, 2.05) is 66.7 Å². The zero-order valence-electron chi connectivity index (χ0n) is 19.0. The van der Waals surface area contributed by atoms with Crippen LogP contribution in [-0.2, 0) is 38.9 Å². The van der Waals surface area contributed by atoms with Gasteiger partial charge in [0.1, 0.15) is 12.2 Å². The van der Waals surface area contributed by atoms with E-state index in [9.17, 15) is 0 Å². The van der Waals surface area contributed by atoms with Crippen molar-refractivity contribution in [1.29, 1.82) is 0 Å². The first-order chi connectivity index (χ1) is 16.3. The Morgan fingerprint density at radius 3 is 1.55 bits per heavy atom. The molecule has 5 rings (SSSR count). The molecule has 1 saturated heterocycles. The van der Waals surface area contributed by atoms with Gasteiger partial charge in [0, 0.05) is 13.0 Å². The molecular weight excluding hydrogens is 414 g/mol. The smallest absolute Gasteiger partial charge is 0.112 e. The lowest BCUT2D eigenvalue weighted by Crippen LogP contribution is -2.43. The number of hydrogen-bond donors (Lipinski definition) is 0. The minimum absolute atomic E-state index is 0.0789. The number of hydrogen-bond acceptors (Lipinski definition) is 5. The van der Waals surface area contributed by atoms with Crippen LogP contribution < -0.4 is 0 Å². The van der Waals surface area contributed by atoms with Crippen molar-refractivity contribution in [3.05, 3.63) is 108 Å². The van der Waals surface area contributed by atoms with Crippen LogP contribution in [0.4, 0.5) is 0 Å². The van der Waals surface area contributed by atoms with Crippen molar-refractivity contribution in [1.82, 2.24) is 5.06 Å². The molecule has 1 saturated carbocycles. The van der Waals surface area contributed by atoms with E-state index in [-0.39, 0.29) is 30.3 Å². The third-order valence-electron chi connectivity index (χ3n) is 6.59. The van der Waals surface area contributed by atoms with Crippen LogP contribution in [0.2, 0.25) is 0 Å². The second kappa shape index (κ2) is 10.6. The minimum atomic E-state index is -0.195. The highest BCUT2D eigenvalue weighted by Crippen LogP contribution is 2.41. The summed E-state index contributed by atoms with van der Waals surface area (Å²) in [5.41, 5.74) is 3.44. The van der Waals surface area contributed by atoms with E-state index in [1.54, 1.807) is 0 Å². The predicted octanol–water partition coefficient (Wildman–Crippen LogP) is 4.62. The van der Waals surface area contributed by atoms with E-state index in [0.717, 1.165) is 16.7 Å². The van der Waals surface area contributed by atoms with Crippen LogP contribution in [0.3, 0.4) is 0 Å². The average Bonchev–Trinajstić information content (AvgIpc) is 3.39. The third kappa shape index (κ3) is 5.18. The normalized spacial score (nSPS) is 27.0. The van der Waals surface area contributed by atoms with Gasteiger partial charge in [-0.25, -0.2) is 0 Å². The van der Waals surface area contributed by atoms with Crippen molar-refractivity contribution >= 4 is 0 Å². The fourth-order valence-corrected chi connectivity index (χ4v) is 4.92. The second-order valence-corrected chi connectivity index (χ2v) is 8.78. The van der Waals surface area contributed by atoms with Gasteiger partial charge in [-0.3, -0.25) is 4.84 Å². The summed E-state index contributed by atoms with van der Waals surface area (Å²) in [4.78, 5) is 5.91. The standard InChI is InChI=1S/C28H31NO4/c1-29-25-24(20-33-29)26(30-17-21-11-5-2-6-12-21)28(32-19-23-15-9-4-10-16-23)27(25)31-18-22-13-7-3-8-14-22/h2-16,24-28H,17-20H2,1H3/t24-,25+,26+,27-,28-/m0/s1. The largest absolute Gasteiger partial charge is 0.370 e. The molecule has 5 atom stereocenters. The van der Waals surface area contributed by atoms with Gasteiger partial charge in [0.25, 0.3) is 0 Å². The van der Waals surface area contributed by atoms with Gasteiger partial charge in [0.15, 0.2) is 0 Å². The summed E-state index contributed by atoms with van der Waals surface area (Å²) in [6, 6.07) is 30.9. The zero-order valence-corrected chi connectivity index (χ0v) is 19.0. The first-order valence-corrected chi connectivity index (χ1v) is 11.6. The molecule has 0 spiro atoms. The Morgan fingerprint density at radius 1 is 0.636 bits per heavy atom. The van der Waals surface area contributed by atoms with Gasteiger partial charge < -0.3 is 14.2 Å². The van der Waals surface area contributed by atoms with Crippen LogP contribution in [0.1, 0.15) is 16.7 Å². The van der Waals surface area contributed by atoms with E-state index in [1.165, 1.54) is 0 Å². The van der Waals surface area contributed by atoms with Crippen LogP contribution in [0.5, 0.6) is 0 Å². The summed E-state index contributed by atoms with van der Waals surface area (Å²) in [5.74, 6) is 0.181. The van der Waals surface area contributed by atoms with E-state index < -0.39 is 0 Å². The first-order valence-electron chi connectivity index (χ1n) is 11.6. The molecular formula is C28H31NO4. The maximum absolute atomic E-state index is 6.54. The lowest BCUT2D eigenvalue weighted by molar-refractivity contribution is -0.179. The molecule has 5 heteroatoms. The van der Waals surface area contributed by atoms with Crippen molar-refractivity contribution < 1.29 is 19.0 Å². The van der Waals surface area contributed by atoms with Gasteiger partial charge in [0.05, 0.1) is 38.6 Å². The van der Waals surface area contributed by atoms with Gasteiger partial charge in [-0.1, -0.05) is 91.0 Å². The molecule has 1 aliphatic carbocycles. The highest BCUT2D eigenvalue weighted by Gasteiger charge is 2.57. The van der Waals surface area contributed by atoms with Gasteiger partial charge in [0.2, 0.25) is 0 Å². The van der Waals surface area contributed by atoms with E-state index in [4.69, 9.17) is 19.0 Å². The number of likely N-dealkylation sites (N-methyl/N-ethyl adjacent to an activating group) is 1. The molecule has 0 unspecified atom stereocenters. The molecule has 1 heterocycles. The molecule has 1 aliphatic heterocycles. The average molecular weight is 446 g/mol. The van der Waals surface area contributed by atoms with Crippen molar-refractivity contribution in [2.45, 2.75) is 44.2 Å². The fraction of sp³-hybridized carbons (Fsp3) is 0.357. The number of ether oxygens (including phenoxy) is 3. The summed E-state index contributed by atoms with van der Waals surface area (Å²) < 4.78 is 19.6. The maximum Gasteiger partial charge on any atom is 0.112 e. The number of fused-ring (bicyclic) bond motifs is 1. The van der Waals surface area contributed by atoms with Gasteiger partial charge >= 0.3 is 0 Å². The summed E-state index contributed by atoms with van der Waals surface area (Å²) in [7, 11) is 1.98. The monoisotopic (exact) mass is 445 g/mol. The van der Waals surface area contributed by atoms with E-state index in [0.29, 0.717) is 26.4 Å². The van der Waals surface area contributed by atoms with Crippen molar-refractivity contribution in [2.75, 3.05) is 13.7 Å². The Hall–Kier alpha value is -2.54. The maximum atomic E-state index is 6.54. The number of nitrogens with zero attached hydrogens (tertiary/aromatic N) is 1. The molecule has 172 valence electrons. The van der Waals surface area contributed by atoms with Gasteiger partial charge in [-0.05, 0) is 16.7 Å². The summed E-state index contributed by atoms with van der Waals surface area (Å²) in [6.45, 7) is 2.19. The number of rotatable bonds is 9. The highest BCUT2D eigenvalue weighted by molar-refractivity contribution is 5.16. The molecule has 0 bridgehead atoms. The van der Waals surface area contributed by atoms with Gasteiger partial charge in [-0.15, -0.1) is 0 Å². The van der Waals surface area contributed by atoms with Crippen LogP contribution >= 0.6 is 0 Å². The Bertz CT molecular complexity index is 985. The Morgan fingerprint density at radius 2 is 1.06 bits per heavy atom. The topological polar surface area (TPSA) is 40.2 Å². The Kier molecular flexibility index (Phi) is 7.15. The van der Waals surface area contributed by atoms with Crippen molar-refractivity contribution in [3.63, 3.8) is 0 Å². The van der Waals surface area contributed by atoms with E-state index in [2.05, 4.69) is 36.4 Å². The van der Waals surface area contributed by atoms with Crippen LogP contribution in [-0.4, -0.2) is 43.1 Å². The SMILES string of the molecule is CN1OC[C@@H]2[C@@H](OCc3ccccc3)[C@H](OCc3ccccc3)[C@@H](OCc3ccccc3)[C@@H]21. The lowest BCUT2D eigenvalue weighted by atomic mass is 10.0. The molecule has 2 aliphatic rings. The summed E-state index contributed by atoms with van der Waals surface area (Å²) in [6.07, 6.45) is -0.476. The third-order valence-corrected chi connectivity index (χ3v) is 6.59. The van der Waals surface area contributed by atoms with Crippen LogP contribution in [0.25, 0.3) is 0 Å². The molecule has 3 aromatic rings. The first kappa shape index (κ1) is 22.3. The number of hydroxylamine groups is 2. The van der Waals surface area contributed by atoms with E-state index >= 15 is 0 Å². The second-order valence-electron chi connectivity index (χ2n) is 8.78.